The third kappa shape index (κ3) is 3.78. The molecule has 0 saturated carbocycles. The van der Waals surface area contributed by atoms with E-state index in [2.05, 4.69) is 0 Å². The van der Waals surface area contributed by atoms with Gasteiger partial charge in [0.1, 0.15) is 5.82 Å². The molecule has 0 aliphatic rings. The molecule has 0 aliphatic carbocycles. The van der Waals surface area contributed by atoms with Crippen molar-refractivity contribution in [3.05, 3.63) is 23.0 Å². The predicted octanol–water partition coefficient (Wildman–Crippen LogP) is 3.02. The normalized spacial score (nSPS) is 10.4. The summed E-state index contributed by atoms with van der Waals surface area (Å²) in [6.07, 6.45) is 0. The molecule has 1 aromatic rings. The summed E-state index contributed by atoms with van der Waals surface area (Å²) < 4.78 is 13.3. The van der Waals surface area contributed by atoms with E-state index in [1.165, 1.54) is 23.9 Å². The lowest BCUT2D eigenvalue weighted by molar-refractivity contribution is -0.127. The fourth-order valence-electron chi connectivity index (χ4n) is 1.48. The minimum Gasteiger partial charge on any atom is -0.398 e. The zero-order valence-electron chi connectivity index (χ0n) is 10.4. The van der Waals surface area contributed by atoms with Gasteiger partial charge >= 0.3 is 0 Å². The zero-order chi connectivity index (χ0) is 13.7. The van der Waals surface area contributed by atoms with Crippen molar-refractivity contribution in [2.75, 3.05) is 24.6 Å². The molecule has 0 aliphatic heterocycles. The second-order valence-electron chi connectivity index (χ2n) is 3.66. The zero-order valence-corrected chi connectivity index (χ0v) is 11.9. The fourth-order valence-corrected chi connectivity index (χ4v) is 2.52. The van der Waals surface area contributed by atoms with Crippen LogP contribution in [0.15, 0.2) is 17.0 Å². The Labute approximate surface area is 115 Å². The van der Waals surface area contributed by atoms with E-state index >= 15 is 0 Å². The molecule has 2 N–H and O–H groups in total. The molecule has 18 heavy (non-hydrogen) atoms. The molecule has 1 rings (SSSR count). The van der Waals surface area contributed by atoms with Crippen LogP contribution in [0.4, 0.5) is 10.1 Å². The Morgan fingerprint density at radius 2 is 2.06 bits per heavy atom. The molecule has 3 nitrogen and oxygen atoms in total. The summed E-state index contributed by atoms with van der Waals surface area (Å²) in [6, 6.07) is 2.62. The van der Waals surface area contributed by atoms with E-state index in [1.54, 1.807) is 4.90 Å². The highest BCUT2D eigenvalue weighted by Gasteiger charge is 2.12. The molecule has 0 heterocycles. The number of amides is 1. The number of benzene rings is 1. The van der Waals surface area contributed by atoms with E-state index < -0.39 is 5.82 Å². The summed E-state index contributed by atoms with van der Waals surface area (Å²) in [7, 11) is 0. The Kier molecular flexibility index (Phi) is 5.75. The second kappa shape index (κ2) is 6.85. The largest absolute Gasteiger partial charge is 0.398 e. The number of nitrogen functional groups attached to an aromatic ring is 1. The van der Waals surface area contributed by atoms with Crippen LogP contribution < -0.4 is 5.73 Å². The van der Waals surface area contributed by atoms with Crippen molar-refractivity contribution in [3.8, 4) is 0 Å². The minimum atomic E-state index is -0.524. The van der Waals surface area contributed by atoms with Gasteiger partial charge in [-0.2, -0.15) is 0 Å². The standard InChI is InChI=1S/C12H16ClFN2OS/c1-3-16(4-2)12(17)7-18-11-6-9(14)8(13)5-10(11)15/h5-6H,3-4,7,15H2,1-2H3. The summed E-state index contributed by atoms with van der Waals surface area (Å²) in [5.74, 6) is -0.268. The predicted molar refractivity (Wildman–Crippen MR) is 74.5 cm³/mol. The van der Waals surface area contributed by atoms with Gasteiger partial charge in [-0.1, -0.05) is 11.6 Å². The van der Waals surface area contributed by atoms with Crippen LogP contribution in [0.5, 0.6) is 0 Å². The van der Waals surface area contributed by atoms with Crippen molar-refractivity contribution in [3.63, 3.8) is 0 Å². The summed E-state index contributed by atoms with van der Waals surface area (Å²) in [6.45, 7) is 5.17. The summed E-state index contributed by atoms with van der Waals surface area (Å²) >= 11 is 6.83. The molecule has 0 fully saturated rings. The van der Waals surface area contributed by atoms with Crippen LogP contribution >= 0.6 is 23.4 Å². The number of anilines is 1. The first-order valence-electron chi connectivity index (χ1n) is 5.64. The molecule has 6 heteroatoms. The molecular weight excluding hydrogens is 275 g/mol. The van der Waals surface area contributed by atoms with Gasteiger partial charge in [0.25, 0.3) is 0 Å². The van der Waals surface area contributed by atoms with Gasteiger partial charge in [-0.15, -0.1) is 11.8 Å². The summed E-state index contributed by atoms with van der Waals surface area (Å²) in [4.78, 5) is 14.0. The van der Waals surface area contributed by atoms with Crippen molar-refractivity contribution in [1.29, 1.82) is 0 Å². The average molecular weight is 291 g/mol. The first-order chi connectivity index (χ1) is 8.49. The molecule has 0 saturated heterocycles. The van der Waals surface area contributed by atoms with Gasteiger partial charge in [-0.05, 0) is 26.0 Å². The van der Waals surface area contributed by atoms with Crippen LogP contribution in [0.25, 0.3) is 0 Å². The van der Waals surface area contributed by atoms with Gasteiger partial charge in [-0.25, -0.2) is 4.39 Å². The SMILES string of the molecule is CCN(CC)C(=O)CSc1cc(F)c(Cl)cc1N. The number of nitrogens with two attached hydrogens (primary N) is 1. The number of thioether (sulfide) groups is 1. The quantitative estimate of drug-likeness (QED) is 0.670. The van der Waals surface area contributed by atoms with Crippen molar-refractivity contribution < 1.29 is 9.18 Å². The van der Waals surface area contributed by atoms with Crippen LogP contribution in [0.1, 0.15) is 13.8 Å². The third-order valence-corrected chi connectivity index (χ3v) is 3.87. The first kappa shape index (κ1) is 15.1. The molecule has 0 aromatic heterocycles. The molecular formula is C12H16ClFN2OS. The van der Waals surface area contributed by atoms with E-state index in [0.29, 0.717) is 23.7 Å². The maximum absolute atomic E-state index is 13.3. The number of hydrogen-bond donors (Lipinski definition) is 1. The van der Waals surface area contributed by atoms with E-state index in [1.807, 2.05) is 13.8 Å². The summed E-state index contributed by atoms with van der Waals surface area (Å²) in [5, 5.41) is -0.00748. The number of hydrogen-bond acceptors (Lipinski definition) is 3. The van der Waals surface area contributed by atoms with Gasteiger partial charge in [0.2, 0.25) is 5.91 Å². The second-order valence-corrected chi connectivity index (χ2v) is 5.08. The molecule has 0 radical (unpaired) electrons. The Balaban J connectivity index is 2.69. The van der Waals surface area contributed by atoms with E-state index in [4.69, 9.17) is 17.3 Å². The van der Waals surface area contributed by atoms with E-state index in [0.717, 1.165) is 0 Å². The lowest BCUT2D eigenvalue weighted by Gasteiger charge is -2.18. The Bertz CT molecular complexity index is 438. The van der Waals surface area contributed by atoms with Gasteiger partial charge in [0, 0.05) is 23.7 Å². The van der Waals surface area contributed by atoms with Crippen LogP contribution in [0.2, 0.25) is 5.02 Å². The average Bonchev–Trinajstić information content (AvgIpc) is 2.33. The fraction of sp³-hybridized carbons (Fsp3) is 0.417. The van der Waals surface area contributed by atoms with E-state index in [9.17, 15) is 9.18 Å². The molecule has 0 spiro atoms. The monoisotopic (exact) mass is 290 g/mol. The third-order valence-electron chi connectivity index (χ3n) is 2.52. The molecule has 0 bridgehead atoms. The molecule has 0 unspecified atom stereocenters. The maximum Gasteiger partial charge on any atom is 0.232 e. The topological polar surface area (TPSA) is 46.3 Å². The number of halogens is 2. The smallest absolute Gasteiger partial charge is 0.232 e. The lowest BCUT2D eigenvalue weighted by Crippen LogP contribution is -2.31. The number of nitrogens with zero attached hydrogens (tertiary/aromatic N) is 1. The van der Waals surface area contributed by atoms with Crippen LogP contribution in [0, 0.1) is 5.82 Å². The Morgan fingerprint density at radius 3 is 2.61 bits per heavy atom. The van der Waals surface area contributed by atoms with Crippen LogP contribution in [-0.2, 0) is 4.79 Å². The molecule has 1 amide bonds. The van der Waals surface area contributed by atoms with Gasteiger partial charge in [0.05, 0.1) is 10.8 Å². The highest BCUT2D eigenvalue weighted by atomic mass is 35.5. The van der Waals surface area contributed by atoms with Crippen molar-refractivity contribution in [1.82, 2.24) is 4.90 Å². The Hall–Kier alpha value is -0.940. The highest BCUT2D eigenvalue weighted by Crippen LogP contribution is 2.30. The van der Waals surface area contributed by atoms with Gasteiger partial charge < -0.3 is 10.6 Å². The number of carbonyl (C=O) groups excluding carboxylic acids is 1. The van der Waals surface area contributed by atoms with Gasteiger partial charge in [0.15, 0.2) is 0 Å². The lowest BCUT2D eigenvalue weighted by atomic mass is 10.3. The number of rotatable bonds is 5. The van der Waals surface area contributed by atoms with E-state index in [-0.39, 0.29) is 16.7 Å². The van der Waals surface area contributed by atoms with Crippen LogP contribution in [-0.4, -0.2) is 29.6 Å². The highest BCUT2D eigenvalue weighted by molar-refractivity contribution is 8.00. The van der Waals surface area contributed by atoms with Crippen molar-refractivity contribution >= 4 is 35.0 Å². The maximum atomic E-state index is 13.3. The Morgan fingerprint density at radius 1 is 1.44 bits per heavy atom. The van der Waals surface area contributed by atoms with Crippen molar-refractivity contribution in [2.45, 2.75) is 18.7 Å². The van der Waals surface area contributed by atoms with Crippen molar-refractivity contribution in [2.24, 2.45) is 0 Å². The molecule has 100 valence electrons. The first-order valence-corrected chi connectivity index (χ1v) is 7.01. The number of carbonyl (C=O) groups is 1. The van der Waals surface area contributed by atoms with Gasteiger partial charge in [-0.3, -0.25) is 4.79 Å². The minimum absolute atomic E-state index is 0.00748. The molecule has 1 aromatic carbocycles. The van der Waals surface area contributed by atoms with Crippen LogP contribution in [0.3, 0.4) is 0 Å². The summed E-state index contributed by atoms with van der Waals surface area (Å²) in [5.41, 5.74) is 6.11. The molecule has 0 atom stereocenters.